The summed E-state index contributed by atoms with van der Waals surface area (Å²) >= 11 is 1.11. The highest BCUT2D eigenvalue weighted by molar-refractivity contribution is 7.00. The van der Waals surface area contributed by atoms with E-state index in [9.17, 15) is 4.79 Å². The van der Waals surface area contributed by atoms with Gasteiger partial charge >= 0.3 is 0 Å². The largest absolute Gasteiger partial charge is 0.339 e. The molecule has 2 aromatic carbocycles. The molecule has 2 aromatic heterocycles. The number of aromatic nitrogens is 4. The number of aryl methyl sites for hydroxylation is 1. The highest BCUT2D eigenvalue weighted by Gasteiger charge is 2.17. The molecule has 0 aliphatic carbocycles. The Morgan fingerprint density at radius 1 is 1.15 bits per heavy atom. The Labute approximate surface area is 153 Å². The van der Waals surface area contributed by atoms with Crippen LogP contribution in [0.3, 0.4) is 0 Å². The minimum atomic E-state index is -0.0823. The first-order valence-corrected chi connectivity index (χ1v) is 8.71. The Kier molecular flexibility index (Phi) is 4.18. The van der Waals surface area contributed by atoms with Gasteiger partial charge < -0.3 is 9.42 Å². The van der Waals surface area contributed by atoms with E-state index in [1.54, 1.807) is 24.9 Å². The molecular formula is C18H15N5O2S. The minimum Gasteiger partial charge on any atom is -0.339 e. The third-order valence-corrected chi connectivity index (χ3v) is 4.57. The van der Waals surface area contributed by atoms with Gasteiger partial charge in [-0.25, -0.2) is 0 Å². The molecule has 26 heavy (non-hydrogen) atoms. The number of carbonyl (C=O) groups is 1. The molecule has 8 heteroatoms. The highest BCUT2D eigenvalue weighted by atomic mass is 32.1. The summed E-state index contributed by atoms with van der Waals surface area (Å²) in [6.45, 7) is 2.24. The van der Waals surface area contributed by atoms with Crippen molar-refractivity contribution in [2.45, 2.75) is 13.5 Å². The lowest BCUT2D eigenvalue weighted by Crippen LogP contribution is -2.26. The van der Waals surface area contributed by atoms with Crippen molar-refractivity contribution in [2.75, 3.05) is 7.05 Å². The zero-order valence-electron chi connectivity index (χ0n) is 14.2. The first-order chi connectivity index (χ1) is 12.6. The second kappa shape index (κ2) is 6.64. The average molecular weight is 365 g/mol. The molecule has 4 aromatic rings. The van der Waals surface area contributed by atoms with Crippen molar-refractivity contribution in [2.24, 2.45) is 0 Å². The van der Waals surface area contributed by atoms with E-state index >= 15 is 0 Å². The van der Waals surface area contributed by atoms with Gasteiger partial charge in [-0.2, -0.15) is 13.7 Å². The number of hydrogen-bond donors (Lipinski definition) is 0. The summed E-state index contributed by atoms with van der Waals surface area (Å²) < 4.78 is 13.4. The van der Waals surface area contributed by atoms with E-state index in [2.05, 4.69) is 18.9 Å². The van der Waals surface area contributed by atoms with Crippen LogP contribution in [-0.4, -0.2) is 36.7 Å². The molecule has 1 amide bonds. The second-order valence-corrected chi connectivity index (χ2v) is 6.46. The molecule has 0 saturated carbocycles. The van der Waals surface area contributed by atoms with Crippen LogP contribution in [0.25, 0.3) is 22.4 Å². The maximum atomic E-state index is 12.8. The third-order valence-electron chi connectivity index (χ3n) is 4.02. The molecule has 2 heterocycles. The van der Waals surface area contributed by atoms with Crippen molar-refractivity contribution < 1.29 is 9.32 Å². The number of hydrogen-bond acceptors (Lipinski definition) is 7. The van der Waals surface area contributed by atoms with Gasteiger partial charge in [0.2, 0.25) is 11.7 Å². The zero-order valence-corrected chi connectivity index (χ0v) is 15.0. The van der Waals surface area contributed by atoms with Crippen LogP contribution < -0.4 is 0 Å². The van der Waals surface area contributed by atoms with Crippen LogP contribution in [0.5, 0.6) is 0 Å². The van der Waals surface area contributed by atoms with Crippen LogP contribution in [0, 0.1) is 6.92 Å². The van der Waals surface area contributed by atoms with E-state index in [0.29, 0.717) is 29.3 Å². The minimum absolute atomic E-state index is 0.0823. The lowest BCUT2D eigenvalue weighted by Gasteiger charge is -2.17. The Morgan fingerprint density at radius 2 is 1.96 bits per heavy atom. The Hall–Kier alpha value is -3.13. The van der Waals surface area contributed by atoms with Crippen LogP contribution in [0.15, 0.2) is 47.0 Å². The smallest absolute Gasteiger partial charge is 0.256 e. The Morgan fingerprint density at radius 3 is 2.69 bits per heavy atom. The van der Waals surface area contributed by atoms with Crippen molar-refractivity contribution in [3.63, 3.8) is 0 Å². The lowest BCUT2D eigenvalue weighted by atomic mass is 10.1. The fourth-order valence-corrected chi connectivity index (χ4v) is 3.26. The first-order valence-electron chi connectivity index (χ1n) is 7.98. The lowest BCUT2D eigenvalue weighted by molar-refractivity contribution is 0.0787. The standard InChI is InChI=1S/C18H15N5O2S/c1-11-19-17(20-25-11)13-8-6-12(7-9-13)10-23(2)18(24)14-4-3-5-15-16(14)22-26-21-15/h3-9H,10H2,1-2H3. The van der Waals surface area contributed by atoms with E-state index < -0.39 is 0 Å². The molecular weight excluding hydrogens is 350 g/mol. The van der Waals surface area contributed by atoms with Gasteiger partial charge in [-0.05, 0) is 17.7 Å². The number of fused-ring (bicyclic) bond motifs is 1. The fourth-order valence-electron chi connectivity index (χ4n) is 2.71. The Balaban J connectivity index is 1.51. The van der Waals surface area contributed by atoms with Crippen LogP contribution in [0.4, 0.5) is 0 Å². The van der Waals surface area contributed by atoms with Crippen LogP contribution >= 0.6 is 11.7 Å². The SMILES string of the molecule is Cc1nc(-c2ccc(CN(C)C(=O)c3cccc4nsnc34)cc2)no1. The molecule has 0 unspecified atom stereocenters. The van der Waals surface area contributed by atoms with Gasteiger partial charge in [0.25, 0.3) is 5.91 Å². The number of amides is 1. The monoisotopic (exact) mass is 365 g/mol. The maximum Gasteiger partial charge on any atom is 0.256 e. The molecule has 0 atom stereocenters. The van der Waals surface area contributed by atoms with Crippen LogP contribution in [0.1, 0.15) is 21.8 Å². The van der Waals surface area contributed by atoms with Gasteiger partial charge in [0.05, 0.1) is 17.3 Å². The Bertz CT molecular complexity index is 1070. The summed E-state index contributed by atoms with van der Waals surface area (Å²) in [5.41, 5.74) is 3.84. The second-order valence-electron chi connectivity index (χ2n) is 5.93. The van der Waals surface area contributed by atoms with E-state index in [-0.39, 0.29) is 5.91 Å². The number of carbonyl (C=O) groups excluding carboxylic acids is 1. The van der Waals surface area contributed by atoms with Crippen molar-refractivity contribution >= 4 is 28.7 Å². The summed E-state index contributed by atoms with van der Waals surface area (Å²) in [5, 5.41) is 3.91. The van der Waals surface area contributed by atoms with E-state index in [1.807, 2.05) is 36.4 Å². The number of rotatable bonds is 4. The average Bonchev–Trinajstić information content (AvgIpc) is 3.30. The molecule has 0 saturated heterocycles. The zero-order chi connectivity index (χ0) is 18.1. The van der Waals surface area contributed by atoms with Gasteiger partial charge in [-0.3, -0.25) is 4.79 Å². The van der Waals surface area contributed by atoms with E-state index in [1.165, 1.54) is 0 Å². The van der Waals surface area contributed by atoms with E-state index in [4.69, 9.17) is 4.52 Å². The topological polar surface area (TPSA) is 85.0 Å². The van der Waals surface area contributed by atoms with Crippen molar-refractivity contribution in [3.05, 3.63) is 59.5 Å². The highest BCUT2D eigenvalue weighted by Crippen LogP contribution is 2.20. The molecule has 0 fully saturated rings. The predicted molar refractivity (Wildman–Crippen MR) is 97.7 cm³/mol. The van der Waals surface area contributed by atoms with E-state index in [0.717, 1.165) is 28.4 Å². The summed E-state index contributed by atoms with van der Waals surface area (Å²) in [4.78, 5) is 18.7. The first kappa shape index (κ1) is 16.3. The van der Waals surface area contributed by atoms with Gasteiger partial charge in [0, 0.05) is 26.1 Å². The molecule has 4 rings (SSSR count). The van der Waals surface area contributed by atoms with Crippen LogP contribution in [0.2, 0.25) is 0 Å². The summed E-state index contributed by atoms with van der Waals surface area (Å²) in [7, 11) is 1.78. The molecule has 0 radical (unpaired) electrons. The van der Waals surface area contributed by atoms with Crippen molar-refractivity contribution in [1.29, 1.82) is 0 Å². The number of benzene rings is 2. The van der Waals surface area contributed by atoms with Gasteiger partial charge in [0.1, 0.15) is 11.0 Å². The molecule has 0 aliphatic rings. The van der Waals surface area contributed by atoms with Gasteiger partial charge in [-0.15, -0.1) is 0 Å². The third kappa shape index (κ3) is 3.06. The quantitative estimate of drug-likeness (QED) is 0.551. The normalized spacial score (nSPS) is 11.0. The van der Waals surface area contributed by atoms with Gasteiger partial charge in [-0.1, -0.05) is 35.5 Å². The predicted octanol–water partition coefficient (Wildman–Crippen LogP) is 3.32. The van der Waals surface area contributed by atoms with Crippen LogP contribution in [-0.2, 0) is 6.54 Å². The molecule has 0 spiro atoms. The summed E-state index contributed by atoms with van der Waals surface area (Å²) in [6, 6.07) is 13.2. The molecule has 0 N–H and O–H groups in total. The summed E-state index contributed by atoms with van der Waals surface area (Å²) in [6.07, 6.45) is 0. The molecule has 0 bridgehead atoms. The van der Waals surface area contributed by atoms with Crippen molar-refractivity contribution in [1.82, 2.24) is 23.8 Å². The molecule has 7 nitrogen and oxygen atoms in total. The number of nitrogens with zero attached hydrogens (tertiary/aromatic N) is 5. The van der Waals surface area contributed by atoms with Gasteiger partial charge in [0.15, 0.2) is 0 Å². The van der Waals surface area contributed by atoms with Crippen molar-refractivity contribution in [3.8, 4) is 11.4 Å². The maximum absolute atomic E-state index is 12.8. The fraction of sp³-hybridized carbons (Fsp3) is 0.167. The summed E-state index contributed by atoms with van der Waals surface area (Å²) in [5.74, 6) is 1.00. The molecule has 130 valence electrons. The molecule has 0 aliphatic heterocycles.